The van der Waals surface area contributed by atoms with Gasteiger partial charge in [0.1, 0.15) is 5.39 Å². The molecule has 2 N–H and O–H groups in total. The van der Waals surface area contributed by atoms with Crippen LogP contribution >= 0.6 is 0 Å². The zero-order valence-electron chi connectivity index (χ0n) is 19.2. The first-order valence-electron chi connectivity index (χ1n) is 11.4. The number of hydrogen-bond acceptors (Lipinski definition) is 8. The number of fused-ring (bicyclic) bond motifs is 1. The van der Waals surface area contributed by atoms with Crippen molar-refractivity contribution in [3.63, 3.8) is 0 Å². The molecule has 2 aliphatic rings. The number of aromatic nitrogens is 3. The second kappa shape index (κ2) is 9.43. The Hall–Kier alpha value is -3.24. The average Bonchev–Trinajstić information content (AvgIpc) is 3.23. The number of H-pyrrole nitrogens is 1. The smallest absolute Gasteiger partial charge is 0.261 e. The number of sulfonamides is 1. The molecule has 35 heavy (non-hydrogen) atoms. The van der Waals surface area contributed by atoms with Gasteiger partial charge in [-0.15, -0.1) is 0 Å². The minimum Gasteiger partial charge on any atom is -0.379 e. The van der Waals surface area contributed by atoms with E-state index in [1.54, 1.807) is 29.1 Å². The van der Waals surface area contributed by atoms with Crippen molar-refractivity contribution in [2.24, 2.45) is 5.92 Å². The van der Waals surface area contributed by atoms with Crippen molar-refractivity contribution < 1.29 is 17.9 Å². The van der Waals surface area contributed by atoms with E-state index in [4.69, 9.17) is 9.47 Å². The zero-order valence-corrected chi connectivity index (χ0v) is 20.0. The van der Waals surface area contributed by atoms with Crippen molar-refractivity contribution >= 4 is 32.4 Å². The van der Waals surface area contributed by atoms with Crippen LogP contribution in [0, 0.1) is 17.2 Å². The lowest BCUT2D eigenvalue weighted by molar-refractivity contribution is 0.0102. The van der Waals surface area contributed by atoms with E-state index in [0.29, 0.717) is 61.7 Å². The quantitative estimate of drug-likeness (QED) is 0.544. The van der Waals surface area contributed by atoms with E-state index >= 15 is 0 Å². The van der Waals surface area contributed by atoms with Gasteiger partial charge in [-0.1, -0.05) is 0 Å². The van der Waals surface area contributed by atoms with E-state index in [1.807, 2.05) is 6.92 Å². The number of nitrogens with one attached hydrogen (secondary N) is 2. The Morgan fingerprint density at radius 2 is 2.03 bits per heavy atom. The summed E-state index contributed by atoms with van der Waals surface area (Å²) in [5.74, 6) is 0.0353. The predicted molar refractivity (Wildman–Crippen MR) is 128 cm³/mol. The van der Waals surface area contributed by atoms with E-state index in [0.717, 1.165) is 0 Å². The van der Waals surface area contributed by atoms with E-state index in [9.17, 15) is 18.5 Å². The zero-order chi connectivity index (χ0) is 24.6. The first-order chi connectivity index (χ1) is 16.9. The lowest BCUT2D eigenvalue weighted by atomic mass is 9.96. The highest BCUT2D eigenvalue weighted by Gasteiger charge is 2.31. The first-order valence-corrected chi connectivity index (χ1v) is 12.9. The predicted octanol–water partition coefficient (Wildman–Crippen LogP) is 1.98. The van der Waals surface area contributed by atoms with Crippen LogP contribution in [0.15, 0.2) is 46.2 Å². The van der Waals surface area contributed by atoms with Gasteiger partial charge in [-0.25, -0.2) is 8.42 Å². The fraction of sp³-hybridized carbons (Fsp3) is 0.435. The molecular formula is C23H26N6O5S. The second-order valence-corrected chi connectivity index (χ2v) is 10.7. The molecule has 1 aromatic carbocycles. The third-order valence-electron chi connectivity index (χ3n) is 6.40. The fourth-order valence-electron chi connectivity index (χ4n) is 4.56. The summed E-state index contributed by atoms with van der Waals surface area (Å²) in [4.78, 5) is 15.5. The number of nitriles is 1. The van der Waals surface area contributed by atoms with Gasteiger partial charge in [0.05, 0.1) is 47.8 Å². The summed E-state index contributed by atoms with van der Waals surface area (Å²) in [5, 5.41) is 17.7. The summed E-state index contributed by atoms with van der Waals surface area (Å²) in [6.07, 6.45) is 1.98. The van der Waals surface area contributed by atoms with E-state index in [1.165, 1.54) is 16.4 Å². The highest BCUT2D eigenvalue weighted by molar-refractivity contribution is 7.89. The number of benzene rings is 1. The van der Waals surface area contributed by atoms with Gasteiger partial charge in [0.15, 0.2) is 5.82 Å². The largest absolute Gasteiger partial charge is 0.379 e. The van der Waals surface area contributed by atoms with Crippen LogP contribution < -0.4 is 10.9 Å². The molecule has 2 fully saturated rings. The molecule has 3 atom stereocenters. The Kier molecular flexibility index (Phi) is 6.33. The second-order valence-electron chi connectivity index (χ2n) is 8.72. The molecule has 0 spiro atoms. The summed E-state index contributed by atoms with van der Waals surface area (Å²) >= 11 is 0. The molecule has 0 radical (unpaired) electrons. The van der Waals surface area contributed by atoms with Gasteiger partial charge in [-0.2, -0.15) is 14.7 Å². The number of morpholine rings is 1. The molecule has 4 heterocycles. The number of pyridine rings is 1. The minimum absolute atomic E-state index is 0.156. The number of nitrogens with zero attached hydrogens (tertiary/aromatic N) is 4. The Balaban J connectivity index is 1.45. The van der Waals surface area contributed by atoms with Crippen LogP contribution in [0.2, 0.25) is 0 Å². The molecule has 12 heteroatoms. The molecule has 0 aliphatic carbocycles. The molecule has 11 nitrogen and oxygen atoms in total. The van der Waals surface area contributed by atoms with Crippen molar-refractivity contribution in [2.75, 3.05) is 38.2 Å². The molecule has 3 aromatic rings. The van der Waals surface area contributed by atoms with Crippen molar-refractivity contribution in [2.45, 2.75) is 30.4 Å². The van der Waals surface area contributed by atoms with Crippen molar-refractivity contribution in [3.05, 3.63) is 46.9 Å². The lowest BCUT2D eigenvalue weighted by Crippen LogP contribution is -2.44. The van der Waals surface area contributed by atoms with Crippen LogP contribution in [0.4, 0.5) is 11.5 Å². The molecule has 0 saturated carbocycles. The van der Waals surface area contributed by atoms with Crippen LogP contribution in [0.25, 0.3) is 10.9 Å². The maximum absolute atomic E-state index is 13.0. The number of ether oxygens (including phenoxy) is 2. The summed E-state index contributed by atoms with van der Waals surface area (Å²) < 4.78 is 40.2. The van der Waals surface area contributed by atoms with Crippen LogP contribution in [0.5, 0.6) is 0 Å². The Morgan fingerprint density at radius 1 is 1.23 bits per heavy atom. The molecule has 184 valence electrons. The molecule has 2 saturated heterocycles. The summed E-state index contributed by atoms with van der Waals surface area (Å²) in [7, 11) is -3.64. The summed E-state index contributed by atoms with van der Waals surface area (Å²) in [5.41, 5.74) is 0.848. The van der Waals surface area contributed by atoms with E-state index in [-0.39, 0.29) is 28.5 Å². The van der Waals surface area contributed by atoms with E-state index in [2.05, 4.69) is 21.5 Å². The highest BCUT2D eigenvalue weighted by Crippen LogP contribution is 2.32. The van der Waals surface area contributed by atoms with E-state index < -0.39 is 10.0 Å². The molecule has 2 aromatic heterocycles. The Bertz CT molecular complexity index is 1430. The maximum atomic E-state index is 13.0. The molecule has 0 bridgehead atoms. The highest BCUT2D eigenvalue weighted by atomic mass is 32.2. The molecular weight excluding hydrogens is 472 g/mol. The fourth-order valence-corrected chi connectivity index (χ4v) is 6.05. The summed E-state index contributed by atoms with van der Waals surface area (Å²) in [6.45, 7) is 3.67. The molecule has 0 amide bonds. The maximum Gasteiger partial charge on any atom is 0.261 e. The average molecular weight is 499 g/mol. The molecule has 2 unspecified atom stereocenters. The van der Waals surface area contributed by atoms with Crippen LogP contribution in [0.1, 0.15) is 19.4 Å². The monoisotopic (exact) mass is 498 g/mol. The Morgan fingerprint density at radius 3 is 2.77 bits per heavy atom. The number of aromatic amines is 1. The molecule has 5 rings (SSSR count). The number of anilines is 2. The number of hydrogen-bond donors (Lipinski definition) is 2. The third kappa shape index (κ3) is 4.43. The SMILES string of the molecule is CC1CN(S(=O)(=O)c2ccc(Nc3nn([C@H]4COCCC4C#N)c4cc[nH]c(=O)c34)cc2)CCO1. The van der Waals surface area contributed by atoms with Crippen LogP contribution in [-0.4, -0.2) is 66.5 Å². The van der Waals surface area contributed by atoms with Gasteiger partial charge in [-0.3, -0.25) is 9.48 Å². The van der Waals surface area contributed by atoms with Crippen molar-refractivity contribution in [3.8, 4) is 6.07 Å². The lowest BCUT2D eigenvalue weighted by Gasteiger charge is -2.30. The topological polar surface area (TPSA) is 142 Å². The van der Waals surface area contributed by atoms with Gasteiger partial charge in [0.2, 0.25) is 10.0 Å². The van der Waals surface area contributed by atoms with Gasteiger partial charge in [-0.05, 0) is 43.7 Å². The molecule has 2 aliphatic heterocycles. The first kappa shape index (κ1) is 23.5. The normalized spacial score (nSPS) is 23.7. The minimum atomic E-state index is -3.64. The van der Waals surface area contributed by atoms with Crippen LogP contribution in [0.3, 0.4) is 0 Å². The van der Waals surface area contributed by atoms with Gasteiger partial charge >= 0.3 is 0 Å². The number of rotatable bonds is 5. The summed E-state index contributed by atoms with van der Waals surface area (Å²) in [6, 6.07) is 10.1. The van der Waals surface area contributed by atoms with Gasteiger partial charge in [0, 0.05) is 31.6 Å². The Labute approximate surface area is 202 Å². The standard InChI is InChI=1S/C23H26N6O5S/c1-15-13-28(9-11-34-15)35(31,32)18-4-2-17(3-5-18)26-22-21-19(6-8-25-23(21)30)29(27-22)20-14-33-10-7-16(20)12-24/h2-6,8,15-16,20H,7,9-11,13-14H2,1H3,(H,25,30)(H,26,27)/t15?,16?,20-/m0/s1. The van der Waals surface area contributed by atoms with Gasteiger partial charge in [0.25, 0.3) is 5.56 Å². The van der Waals surface area contributed by atoms with Crippen LogP contribution in [-0.2, 0) is 19.5 Å². The van der Waals surface area contributed by atoms with Gasteiger partial charge < -0.3 is 19.8 Å². The third-order valence-corrected chi connectivity index (χ3v) is 8.27. The van der Waals surface area contributed by atoms with Crippen molar-refractivity contribution in [1.82, 2.24) is 19.1 Å². The van der Waals surface area contributed by atoms with Crippen molar-refractivity contribution in [1.29, 1.82) is 5.26 Å².